The first-order valence-corrected chi connectivity index (χ1v) is 8.79. The molecule has 0 aromatic rings. The van der Waals surface area contributed by atoms with Gasteiger partial charge in [-0.25, -0.2) is 12.7 Å². The largest absolute Gasteiger partial charge is 0.481 e. The van der Waals surface area contributed by atoms with E-state index < -0.39 is 27.2 Å². The molecule has 1 aliphatic heterocycles. The SMILES string of the molecule is O=C(O)C1CCCC1S(=O)(=O)N1CCCC(CCO)C1. The monoisotopic (exact) mass is 305 g/mol. The van der Waals surface area contributed by atoms with Gasteiger partial charge in [0.15, 0.2) is 0 Å². The minimum Gasteiger partial charge on any atom is -0.481 e. The topological polar surface area (TPSA) is 94.9 Å². The summed E-state index contributed by atoms with van der Waals surface area (Å²) in [5.41, 5.74) is 0. The molecule has 116 valence electrons. The number of aliphatic hydroxyl groups excluding tert-OH is 1. The van der Waals surface area contributed by atoms with Crippen molar-refractivity contribution in [2.45, 2.75) is 43.8 Å². The summed E-state index contributed by atoms with van der Waals surface area (Å²) in [6.45, 7) is 0.971. The maximum Gasteiger partial charge on any atom is 0.307 e. The van der Waals surface area contributed by atoms with Crippen molar-refractivity contribution < 1.29 is 23.4 Å². The predicted molar refractivity (Wildman–Crippen MR) is 73.7 cm³/mol. The lowest BCUT2D eigenvalue weighted by Crippen LogP contribution is -2.46. The number of carboxylic acid groups (broad SMARTS) is 1. The summed E-state index contributed by atoms with van der Waals surface area (Å²) in [5.74, 6) is -1.58. The van der Waals surface area contributed by atoms with E-state index in [0.717, 1.165) is 12.8 Å². The Kier molecular flexibility index (Phi) is 5.04. The van der Waals surface area contributed by atoms with Crippen LogP contribution >= 0.6 is 0 Å². The molecule has 3 unspecified atom stereocenters. The van der Waals surface area contributed by atoms with E-state index in [9.17, 15) is 13.2 Å². The van der Waals surface area contributed by atoms with E-state index in [1.54, 1.807) is 0 Å². The van der Waals surface area contributed by atoms with Crippen LogP contribution in [0.15, 0.2) is 0 Å². The summed E-state index contributed by atoms with van der Waals surface area (Å²) in [6, 6.07) is 0. The van der Waals surface area contributed by atoms with Crippen LogP contribution in [-0.2, 0) is 14.8 Å². The molecule has 3 atom stereocenters. The van der Waals surface area contributed by atoms with Gasteiger partial charge in [-0.15, -0.1) is 0 Å². The van der Waals surface area contributed by atoms with Gasteiger partial charge in [0.05, 0.1) is 11.2 Å². The summed E-state index contributed by atoms with van der Waals surface area (Å²) >= 11 is 0. The van der Waals surface area contributed by atoms with E-state index in [-0.39, 0.29) is 12.5 Å². The maximum absolute atomic E-state index is 12.7. The van der Waals surface area contributed by atoms with Crippen molar-refractivity contribution in [3.8, 4) is 0 Å². The van der Waals surface area contributed by atoms with Crippen LogP contribution in [0.5, 0.6) is 0 Å². The first-order chi connectivity index (χ1) is 9.46. The maximum atomic E-state index is 12.7. The van der Waals surface area contributed by atoms with Gasteiger partial charge in [-0.05, 0) is 38.0 Å². The molecule has 0 amide bonds. The zero-order valence-electron chi connectivity index (χ0n) is 11.6. The first kappa shape index (κ1) is 15.7. The number of sulfonamides is 1. The molecule has 0 aromatic carbocycles. The highest BCUT2D eigenvalue weighted by Crippen LogP contribution is 2.34. The van der Waals surface area contributed by atoms with Crippen molar-refractivity contribution in [2.75, 3.05) is 19.7 Å². The molecule has 1 saturated heterocycles. The van der Waals surface area contributed by atoms with E-state index in [1.807, 2.05) is 0 Å². The van der Waals surface area contributed by atoms with Gasteiger partial charge < -0.3 is 10.2 Å². The Morgan fingerprint density at radius 3 is 2.60 bits per heavy atom. The molecular formula is C13H23NO5S. The molecule has 1 aliphatic carbocycles. The van der Waals surface area contributed by atoms with Crippen LogP contribution in [0.1, 0.15) is 38.5 Å². The van der Waals surface area contributed by atoms with Crippen LogP contribution in [-0.4, -0.2) is 53.9 Å². The van der Waals surface area contributed by atoms with Crippen molar-refractivity contribution in [3.63, 3.8) is 0 Å². The molecule has 0 bridgehead atoms. The number of aliphatic carboxylic acids is 1. The molecule has 1 heterocycles. The third-order valence-corrected chi connectivity index (χ3v) is 6.91. The molecule has 2 fully saturated rings. The van der Waals surface area contributed by atoms with Crippen molar-refractivity contribution in [1.82, 2.24) is 4.31 Å². The van der Waals surface area contributed by atoms with Crippen molar-refractivity contribution >= 4 is 16.0 Å². The fraction of sp³-hybridized carbons (Fsp3) is 0.923. The van der Waals surface area contributed by atoms with E-state index in [2.05, 4.69) is 0 Å². The number of carbonyl (C=O) groups is 1. The van der Waals surface area contributed by atoms with Gasteiger partial charge in [-0.3, -0.25) is 4.79 Å². The summed E-state index contributed by atoms with van der Waals surface area (Å²) in [5, 5.41) is 17.4. The highest BCUT2D eigenvalue weighted by atomic mass is 32.2. The van der Waals surface area contributed by atoms with Crippen molar-refractivity contribution in [1.29, 1.82) is 0 Å². The average Bonchev–Trinajstić information content (AvgIpc) is 2.89. The zero-order valence-corrected chi connectivity index (χ0v) is 12.4. The fourth-order valence-electron chi connectivity index (χ4n) is 3.43. The second-order valence-electron chi connectivity index (χ2n) is 5.84. The number of nitrogens with zero attached hydrogens (tertiary/aromatic N) is 1. The molecule has 2 aliphatic rings. The highest BCUT2D eigenvalue weighted by molar-refractivity contribution is 7.89. The average molecular weight is 305 g/mol. The summed E-state index contributed by atoms with van der Waals surface area (Å²) in [7, 11) is -3.54. The normalized spacial score (nSPS) is 32.4. The molecule has 20 heavy (non-hydrogen) atoms. The second-order valence-corrected chi connectivity index (χ2v) is 7.99. The predicted octanol–water partition coefficient (Wildman–Crippen LogP) is 0.664. The van der Waals surface area contributed by atoms with E-state index >= 15 is 0 Å². The summed E-state index contributed by atoms with van der Waals surface area (Å²) in [6.07, 6.45) is 3.88. The minimum atomic E-state index is -3.54. The minimum absolute atomic E-state index is 0.0692. The van der Waals surface area contributed by atoms with Gasteiger partial charge in [0.25, 0.3) is 0 Å². The Bertz CT molecular complexity index is 448. The molecule has 2 rings (SSSR count). The Hall–Kier alpha value is -0.660. The van der Waals surface area contributed by atoms with Gasteiger partial charge in [0, 0.05) is 19.7 Å². The van der Waals surface area contributed by atoms with Crippen LogP contribution in [0.3, 0.4) is 0 Å². The Balaban J connectivity index is 2.11. The lowest BCUT2D eigenvalue weighted by molar-refractivity contribution is -0.141. The molecule has 2 N–H and O–H groups in total. The Morgan fingerprint density at radius 1 is 1.20 bits per heavy atom. The number of hydrogen-bond donors (Lipinski definition) is 2. The quantitative estimate of drug-likeness (QED) is 0.778. The third-order valence-electron chi connectivity index (χ3n) is 4.53. The van der Waals surface area contributed by atoms with E-state index in [4.69, 9.17) is 10.2 Å². The molecule has 0 spiro atoms. The molecule has 6 nitrogen and oxygen atoms in total. The van der Waals surface area contributed by atoms with E-state index in [0.29, 0.717) is 38.8 Å². The molecule has 1 saturated carbocycles. The van der Waals surface area contributed by atoms with E-state index in [1.165, 1.54) is 4.31 Å². The number of aliphatic hydroxyl groups is 1. The number of rotatable bonds is 5. The van der Waals surface area contributed by atoms with Crippen LogP contribution in [0.4, 0.5) is 0 Å². The summed E-state index contributed by atoms with van der Waals surface area (Å²) in [4.78, 5) is 11.2. The highest BCUT2D eigenvalue weighted by Gasteiger charge is 2.45. The second kappa shape index (κ2) is 6.41. The van der Waals surface area contributed by atoms with Crippen LogP contribution in [0.25, 0.3) is 0 Å². The summed E-state index contributed by atoms with van der Waals surface area (Å²) < 4.78 is 26.8. The van der Waals surface area contributed by atoms with Crippen LogP contribution in [0, 0.1) is 11.8 Å². The third kappa shape index (κ3) is 3.15. The smallest absolute Gasteiger partial charge is 0.307 e. The van der Waals surface area contributed by atoms with Gasteiger partial charge in [0.2, 0.25) is 10.0 Å². The van der Waals surface area contributed by atoms with Crippen LogP contribution in [0.2, 0.25) is 0 Å². The van der Waals surface area contributed by atoms with Crippen molar-refractivity contribution in [2.24, 2.45) is 11.8 Å². The first-order valence-electron chi connectivity index (χ1n) is 7.29. The number of hydrogen-bond acceptors (Lipinski definition) is 4. The zero-order chi connectivity index (χ0) is 14.8. The molecule has 0 aromatic heterocycles. The standard InChI is InChI=1S/C13H23NO5S/c15-8-6-10-3-2-7-14(9-10)20(18,19)12-5-1-4-11(12)13(16)17/h10-12,15H,1-9H2,(H,16,17). The molecule has 7 heteroatoms. The van der Waals surface area contributed by atoms with Gasteiger partial charge in [0.1, 0.15) is 0 Å². The van der Waals surface area contributed by atoms with Crippen LogP contribution < -0.4 is 0 Å². The molecular weight excluding hydrogens is 282 g/mol. The lowest BCUT2D eigenvalue weighted by atomic mass is 9.97. The Morgan fingerprint density at radius 2 is 1.95 bits per heavy atom. The van der Waals surface area contributed by atoms with Gasteiger partial charge in [-0.1, -0.05) is 6.42 Å². The lowest BCUT2D eigenvalue weighted by Gasteiger charge is -2.34. The molecule has 0 radical (unpaired) electrons. The van der Waals surface area contributed by atoms with Gasteiger partial charge >= 0.3 is 5.97 Å². The van der Waals surface area contributed by atoms with Crippen molar-refractivity contribution in [3.05, 3.63) is 0 Å². The number of carboxylic acids is 1. The number of piperidine rings is 1. The Labute approximate surface area is 119 Å². The fourth-order valence-corrected chi connectivity index (χ4v) is 5.75. The van der Waals surface area contributed by atoms with Gasteiger partial charge in [-0.2, -0.15) is 0 Å².